The smallest absolute Gasteiger partial charge is 0.250 e. The first-order valence-electron chi connectivity index (χ1n) is 10.3. The zero-order valence-electron chi connectivity index (χ0n) is 19.9. The maximum absolute atomic E-state index is 12.5. The van der Waals surface area contributed by atoms with Gasteiger partial charge < -0.3 is 13.6 Å². The van der Waals surface area contributed by atoms with E-state index in [4.69, 9.17) is 13.6 Å². The number of rotatable bonds is 6. The first kappa shape index (κ1) is 25.2. The van der Waals surface area contributed by atoms with E-state index in [1.165, 1.54) is 0 Å². The highest BCUT2D eigenvalue weighted by Gasteiger charge is 2.41. The van der Waals surface area contributed by atoms with E-state index in [9.17, 15) is 4.79 Å². The predicted molar refractivity (Wildman–Crippen MR) is 122 cm³/mol. The van der Waals surface area contributed by atoms with Crippen LogP contribution in [0.2, 0.25) is 36.3 Å². The van der Waals surface area contributed by atoms with Gasteiger partial charge in [-0.2, -0.15) is 0 Å². The fraction of sp³-hybridized carbons (Fsp3) is 0.773. The summed E-state index contributed by atoms with van der Waals surface area (Å²) >= 11 is 0. The molecule has 0 unspecified atom stereocenters. The maximum atomic E-state index is 12.5. The Labute approximate surface area is 175 Å². The summed E-state index contributed by atoms with van der Waals surface area (Å²) in [6, 6.07) is 0. The first-order valence-corrected chi connectivity index (χ1v) is 16.1. The molecular formula is C22H42O4Si2. The molecule has 162 valence electrons. The largest absolute Gasteiger partial charge is 0.549 e. The molecule has 0 fully saturated rings. The highest BCUT2D eigenvalue weighted by atomic mass is 28.4. The minimum absolute atomic E-state index is 0.0408. The van der Waals surface area contributed by atoms with Gasteiger partial charge in [-0.25, -0.2) is 0 Å². The molecule has 0 saturated carbocycles. The molecule has 0 spiro atoms. The molecule has 1 rings (SSSR count). The van der Waals surface area contributed by atoms with Gasteiger partial charge in [-0.3, -0.25) is 4.79 Å². The number of carbonyl (C=O) groups excluding carboxylic acids is 1. The number of hydrogen-bond acceptors (Lipinski definition) is 4. The Morgan fingerprint density at radius 3 is 2.00 bits per heavy atom. The third-order valence-corrected chi connectivity index (χ3v) is 15.3. The molecule has 0 aliphatic heterocycles. The molecule has 0 heterocycles. The fourth-order valence-corrected chi connectivity index (χ4v) is 4.33. The van der Waals surface area contributed by atoms with Crippen LogP contribution in [-0.4, -0.2) is 35.6 Å². The Balaban J connectivity index is 3.11. The lowest BCUT2D eigenvalue weighted by Gasteiger charge is -2.37. The van der Waals surface area contributed by atoms with Crippen molar-refractivity contribution in [3.63, 3.8) is 0 Å². The zero-order chi connectivity index (χ0) is 22.0. The highest BCUT2D eigenvalue weighted by molar-refractivity contribution is 6.74. The summed E-state index contributed by atoms with van der Waals surface area (Å²) in [7, 11) is -2.20. The van der Waals surface area contributed by atoms with E-state index in [1.54, 1.807) is 7.11 Å². The van der Waals surface area contributed by atoms with E-state index in [0.29, 0.717) is 12.8 Å². The molecule has 0 bridgehead atoms. The monoisotopic (exact) mass is 426 g/mol. The summed E-state index contributed by atoms with van der Waals surface area (Å²) in [6.45, 7) is 22.2. The minimum Gasteiger partial charge on any atom is -0.549 e. The van der Waals surface area contributed by atoms with Crippen molar-refractivity contribution in [2.24, 2.45) is 5.92 Å². The predicted octanol–water partition coefficient (Wildman–Crippen LogP) is 6.42. The SMILES string of the molecule is CO[C@@H]1CC(=O)CC(O[Si](C)(C)C(C)(C)C)=C[C@@H]1/C=C/O[Si](C)(C)C(C)(C)C. The van der Waals surface area contributed by atoms with E-state index in [0.717, 1.165) is 5.76 Å². The molecule has 0 amide bonds. The number of carbonyl (C=O) groups is 1. The standard InChI is InChI=1S/C22H42O4Si2/c1-21(2,3)27(8,9)25-13-12-17-14-19(15-18(23)16-20(17)24-7)26-28(10,11)22(4,5)6/h12-14,17,20H,15-16H2,1-11H3/b13-12+/t17-,20+/m0/s1. The van der Waals surface area contributed by atoms with Crippen LogP contribution in [0, 0.1) is 5.92 Å². The molecule has 0 saturated heterocycles. The number of ketones is 1. The average molecular weight is 427 g/mol. The van der Waals surface area contributed by atoms with E-state index < -0.39 is 16.6 Å². The van der Waals surface area contributed by atoms with Gasteiger partial charge in [-0.1, -0.05) is 41.5 Å². The molecule has 1 aliphatic rings. The quantitative estimate of drug-likeness (QED) is 0.363. The van der Waals surface area contributed by atoms with Crippen LogP contribution in [0.5, 0.6) is 0 Å². The average Bonchev–Trinajstić information content (AvgIpc) is 2.62. The van der Waals surface area contributed by atoms with E-state index in [1.807, 2.05) is 12.3 Å². The highest BCUT2D eigenvalue weighted by Crippen LogP contribution is 2.40. The minimum atomic E-state index is -2.00. The lowest BCUT2D eigenvalue weighted by atomic mass is 10.00. The van der Waals surface area contributed by atoms with Gasteiger partial charge >= 0.3 is 0 Å². The number of hydrogen-bond donors (Lipinski definition) is 0. The van der Waals surface area contributed by atoms with Crippen molar-refractivity contribution in [3.8, 4) is 0 Å². The van der Waals surface area contributed by atoms with Gasteiger partial charge in [0.2, 0.25) is 16.6 Å². The molecule has 0 N–H and O–H groups in total. The second-order valence-corrected chi connectivity index (χ2v) is 20.5. The van der Waals surface area contributed by atoms with Crippen molar-refractivity contribution in [1.82, 2.24) is 0 Å². The van der Waals surface area contributed by atoms with Crippen LogP contribution in [0.4, 0.5) is 0 Å². The second kappa shape index (κ2) is 8.88. The van der Waals surface area contributed by atoms with E-state index >= 15 is 0 Å². The lowest BCUT2D eigenvalue weighted by molar-refractivity contribution is -0.121. The van der Waals surface area contributed by atoms with Gasteiger partial charge in [0.15, 0.2) is 0 Å². The van der Waals surface area contributed by atoms with Gasteiger partial charge in [0.1, 0.15) is 5.78 Å². The molecule has 28 heavy (non-hydrogen) atoms. The van der Waals surface area contributed by atoms with Crippen LogP contribution in [0.25, 0.3) is 0 Å². The molecule has 1 aliphatic carbocycles. The number of ether oxygens (including phenoxy) is 1. The van der Waals surface area contributed by atoms with E-state index in [2.05, 4.69) is 73.8 Å². The van der Waals surface area contributed by atoms with Gasteiger partial charge in [0, 0.05) is 19.4 Å². The van der Waals surface area contributed by atoms with Crippen molar-refractivity contribution in [2.45, 2.75) is 96.8 Å². The van der Waals surface area contributed by atoms with Crippen LogP contribution in [0.1, 0.15) is 54.4 Å². The van der Waals surface area contributed by atoms with Crippen molar-refractivity contribution in [2.75, 3.05) is 7.11 Å². The fourth-order valence-electron chi connectivity index (χ4n) is 2.46. The van der Waals surface area contributed by atoms with E-state index in [-0.39, 0.29) is 27.9 Å². The number of Topliss-reactive ketones (excluding diaryl/α,β-unsaturated/α-hetero) is 1. The second-order valence-electron chi connectivity index (χ2n) is 11.0. The Morgan fingerprint density at radius 2 is 1.54 bits per heavy atom. The van der Waals surface area contributed by atoms with Crippen molar-refractivity contribution in [3.05, 3.63) is 24.2 Å². The third-order valence-electron chi connectivity index (χ3n) is 6.57. The summed E-state index contributed by atoms with van der Waals surface area (Å²) < 4.78 is 18.3. The molecule has 2 atom stereocenters. The van der Waals surface area contributed by atoms with Crippen LogP contribution in [0.15, 0.2) is 24.2 Å². The summed E-state index contributed by atoms with van der Waals surface area (Å²) in [5.74, 6) is 0.914. The molecular weight excluding hydrogens is 384 g/mol. The van der Waals surface area contributed by atoms with Gasteiger partial charge in [0.05, 0.1) is 24.5 Å². The van der Waals surface area contributed by atoms with Crippen molar-refractivity contribution < 1.29 is 18.4 Å². The molecule has 0 aromatic heterocycles. The summed E-state index contributed by atoms with van der Waals surface area (Å²) in [6.07, 6.45) is 6.48. The summed E-state index contributed by atoms with van der Waals surface area (Å²) in [5.41, 5.74) is 0. The van der Waals surface area contributed by atoms with Gasteiger partial charge in [-0.15, -0.1) is 0 Å². The number of methoxy groups -OCH3 is 1. The normalized spacial score (nSPS) is 22.8. The molecule has 0 radical (unpaired) electrons. The van der Waals surface area contributed by atoms with Crippen molar-refractivity contribution >= 4 is 22.4 Å². The number of allylic oxidation sites excluding steroid dienone is 1. The topological polar surface area (TPSA) is 44.8 Å². The maximum Gasteiger partial charge on any atom is 0.250 e. The summed E-state index contributed by atoms with van der Waals surface area (Å²) in [5, 5.41) is 0.227. The van der Waals surface area contributed by atoms with Gasteiger partial charge in [0.25, 0.3) is 0 Å². The van der Waals surface area contributed by atoms with Gasteiger partial charge in [-0.05, 0) is 48.4 Å². The molecule has 0 aromatic carbocycles. The zero-order valence-corrected chi connectivity index (χ0v) is 21.9. The Morgan fingerprint density at radius 1 is 1.00 bits per heavy atom. The molecule has 4 nitrogen and oxygen atoms in total. The Hall–Kier alpha value is -0.856. The Bertz CT molecular complexity index is 607. The van der Waals surface area contributed by atoms with Crippen LogP contribution in [-0.2, 0) is 18.4 Å². The van der Waals surface area contributed by atoms with Crippen molar-refractivity contribution in [1.29, 1.82) is 0 Å². The third kappa shape index (κ3) is 6.59. The van der Waals surface area contributed by atoms with Crippen LogP contribution in [0.3, 0.4) is 0 Å². The lowest BCUT2D eigenvalue weighted by Crippen LogP contribution is -2.40. The molecule has 6 heteroatoms. The molecule has 0 aromatic rings. The van der Waals surface area contributed by atoms with Crippen LogP contribution >= 0.6 is 0 Å². The first-order chi connectivity index (χ1) is 12.5. The van der Waals surface area contributed by atoms with Crippen LogP contribution < -0.4 is 0 Å². The Kier molecular flexibility index (Phi) is 7.99. The summed E-state index contributed by atoms with van der Waals surface area (Å²) in [4.78, 5) is 12.5.